The van der Waals surface area contributed by atoms with Gasteiger partial charge < -0.3 is 5.73 Å². The Bertz CT molecular complexity index is 610. The molecule has 1 aliphatic heterocycles. The molecule has 2 N–H and O–H groups in total. The number of nitrogens with two attached hydrogens (primary N) is 1. The number of rotatable bonds is 2. The molecule has 2 fully saturated rings. The lowest BCUT2D eigenvalue weighted by molar-refractivity contribution is 0.129. The van der Waals surface area contributed by atoms with Crippen LogP contribution < -0.4 is 5.73 Å². The van der Waals surface area contributed by atoms with Crippen molar-refractivity contribution in [2.45, 2.75) is 49.5 Å². The van der Waals surface area contributed by atoms with Crippen LogP contribution in [0.3, 0.4) is 0 Å². The first-order valence-electron chi connectivity index (χ1n) is 7.57. The molecule has 0 spiro atoms. The highest BCUT2D eigenvalue weighted by Crippen LogP contribution is 2.40. The third-order valence-electron chi connectivity index (χ3n) is 4.76. The maximum atomic E-state index is 13.0. The Balaban J connectivity index is 2.01. The Morgan fingerprint density at radius 3 is 2.62 bits per heavy atom. The van der Waals surface area contributed by atoms with Crippen molar-refractivity contribution in [1.82, 2.24) is 4.31 Å². The van der Waals surface area contributed by atoms with Crippen molar-refractivity contribution in [2.75, 3.05) is 12.3 Å². The van der Waals surface area contributed by atoms with Crippen LogP contribution in [-0.2, 0) is 10.0 Å². The number of hydrogen-bond donors (Lipinski definition) is 1. The molecule has 6 heteroatoms. The molecule has 1 saturated carbocycles. The van der Waals surface area contributed by atoms with E-state index >= 15 is 0 Å². The lowest BCUT2D eigenvalue weighted by Crippen LogP contribution is -2.49. The standard InChI is InChI=1S/C15H21ClN2O2S/c16-12-7-3-8-13(17)15(12)21(19,20)18-10-4-6-11-5-1-2-9-14(11)18/h3,7-8,11,14H,1-2,4-6,9-10,17H2/t11-,14-/m1/s1. The molecule has 1 heterocycles. The highest BCUT2D eigenvalue weighted by molar-refractivity contribution is 7.89. The third-order valence-corrected chi connectivity index (χ3v) is 7.23. The number of sulfonamides is 1. The average molecular weight is 329 g/mol. The minimum atomic E-state index is -3.62. The van der Waals surface area contributed by atoms with Crippen LogP contribution in [-0.4, -0.2) is 25.3 Å². The first-order valence-corrected chi connectivity index (χ1v) is 9.39. The molecule has 4 nitrogen and oxygen atoms in total. The molecule has 1 aromatic carbocycles. The van der Waals surface area contributed by atoms with Crippen molar-refractivity contribution >= 4 is 27.3 Å². The summed E-state index contributed by atoms with van der Waals surface area (Å²) in [6.45, 7) is 0.578. The topological polar surface area (TPSA) is 63.4 Å². The Kier molecular flexibility index (Phi) is 4.17. The molecular weight excluding hydrogens is 308 g/mol. The van der Waals surface area contributed by atoms with Gasteiger partial charge in [0.25, 0.3) is 0 Å². The fourth-order valence-electron chi connectivity index (χ4n) is 3.79. The fourth-order valence-corrected chi connectivity index (χ4v) is 6.19. The molecule has 1 aromatic rings. The normalized spacial score (nSPS) is 27.3. The maximum Gasteiger partial charge on any atom is 0.246 e. The predicted molar refractivity (Wildman–Crippen MR) is 84.7 cm³/mol. The van der Waals surface area contributed by atoms with E-state index in [0.717, 1.165) is 32.1 Å². The van der Waals surface area contributed by atoms with E-state index < -0.39 is 10.0 Å². The molecule has 2 aliphatic rings. The van der Waals surface area contributed by atoms with Gasteiger partial charge in [-0.3, -0.25) is 0 Å². The number of benzene rings is 1. The second kappa shape index (κ2) is 5.78. The van der Waals surface area contributed by atoms with Gasteiger partial charge in [-0.2, -0.15) is 4.31 Å². The quantitative estimate of drug-likeness (QED) is 0.847. The lowest BCUT2D eigenvalue weighted by Gasteiger charge is -2.43. The van der Waals surface area contributed by atoms with Gasteiger partial charge in [-0.15, -0.1) is 0 Å². The summed E-state index contributed by atoms with van der Waals surface area (Å²) in [5, 5.41) is 0.216. The second-order valence-corrected chi connectivity index (χ2v) is 8.26. The van der Waals surface area contributed by atoms with Gasteiger partial charge in [0, 0.05) is 12.6 Å². The van der Waals surface area contributed by atoms with E-state index in [0.29, 0.717) is 12.5 Å². The van der Waals surface area contributed by atoms with Crippen molar-refractivity contribution in [3.05, 3.63) is 23.2 Å². The van der Waals surface area contributed by atoms with Crippen LogP contribution in [0.15, 0.2) is 23.1 Å². The smallest absolute Gasteiger partial charge is 0.246 e. The summed E-state index contributed by atoms with van der Waals surface area (Å²) in [5.41, 5.74) is 6.13. The van der Waals surface area contributed by atoms with Crippen molar-refractivity contribution in [1.29, 1.82) is 0 Å². The van der Waals surface area contributed by atoms with E-state index in [-0.39, 0.29) is 21.6 Å². The van der Waals surface area contributed by atoms with Gasteiger partial charge in [0.05, 0.1) is 10.7 Å². The van der Waals surface area contributed by atoms with Crippen molar-refractivity contribution in [2.24, 2.45) is 5.92 Å². The summed E-state index contributed by atoms with van der Waals surface area (Å²) in [6.07, 6.45) is 6.46. The van der Waals surface area contributed by atoms with Crippen LogP contribution >= 0.6 is 11.6 Å². The SMILES string of the molecule is Nc1cccc(Cl)c1S(=O)(=O)N1CCC[C@H]2CCCC[C@H]21. The van der Waals surface area contributed by atoms with Crippen LogP contribution in [0.4, 0.5) is 5.69 Å². The van der Waals surface area contributed by atoms with Crippen molar-refractivity contribution < 1.29 is 8.42 Å². The minimum absolute atomic E-state index is 0.0814. The molecule has 0 aromatic heterocycles. The van der Waals surface area contributed by atoms with Crippen molar-refractivity contribution in [3.8, 4) is 0 Å². The zero-order valence-corrected chi connectivity index (χ0v) is 13.5. The monoisotopic (exact) mass is 328 g/mol. The van der Waals surface area contributed by atoms with Crippen LogP contribution in [0, 0.1) is 5.92 Å². The van der Waals surface area contributed by atoms with E-state index in [1.165, 1.54) is 6.42 Å². The summed E-state index contributed by atoms with van der Waals surface area (Å²) < 4.78 is 27.8. The molecule has 0 amide bonds. The zero-order chi connectivity index (χ0) is 15.0. The molecule has 0 unspecified atom stereocenters. The number of halogens is 1. The highest BCUT2D eigenvalue weighted by Gasteiger charge is 2.41. The lowest BCUT2D eigenvalue weighted by atomic mass is 9.79. The largest absolute Gasteiger partial charge is 0.398 e. The Labute approximate surface area is 131 Å². The predicted octanol–water partition coefficient (Wildman–Crippen LogP) is 3.27. The van der Waals surface area contributed by atoms with Gasteiger partial charge in [-0.25, -0.2) is 8.42 Å². The van der Waals surface area contributed by atoms with Gasteiger partial charge in [0.2, 0.25) is 10.0 Å². The summed E-state index contributed by atoms with van der Waals surface area (Å²) in [5.74, 6) is 0.492. The molecule has 0 bridgehead atoms. The average Bonchev–Trinajstić information content (AvgIpc) is 2.46. The highest BCUT2D eigenvalue weighted by atomic mass is 35.5. The van der Waals surface area contributed by atoms with E-state index in [2.05, 4.69) is 0 Å². The van der Waals surface area contributed by atoms with Crippen LogP contribution in [0.25, 0.3) is 0 Å². The van der Waals surface area contributed by atoms with E-state index in [1.807, 2.05) is 0 Å². The number of fused-ring (bicyclic) bond motifs is 1. The summed E-state index contributed by atoms with van der Waals surface area (Å²) in [6, 6.07) is 4.98. The Morgan fingerprint density at radius 2 is 1.86 bits per heavy atom. The van der Waals surface area contributed by atoms with E-state index in [4.69, 9.17) is 17.3 Å². The first kappa shape index (κ1) is 15.1. The van der Waals surface area contributed by atoms with Crippen LogP contribution in [0.5, 0.6) is 0 Å². The van der Waals surface area contributed by atoms with Gasteiger partial charge >= 0.3 is 0 Å². The number of nitrogens with zero attached hydrogens (tertiary/aromatic N) is 1. The summed E-state index contributed by atoms with van der Waals surface area (Å²) >= 11 is 6.12. The Hall–Kier alpha value is -0.780. The van der Waals surface area contributed by atoms with Gasteiger partial charge in [0.15, 0.2) is 0 Å². The summed E-state index contributed by atoms with van der Waals surface area (Å²) in [7, 11) is -3.62. The minimum Gasteiger partial charge on any atom is -0.398 e. The maximum absolute atomic E-state index is 13.0. The molecular formula is C15H21ClN2O2S. The first-order chi connectivity index (χ1) is 10.0. The number of hydrogen-bond acceptors (Lipinski definition) is 3. The molecule has 116 valence electrons. The second-order valence-electron chi connectivity index (χ2n) is 6.03. The van der Waals surface area contributed by atoms with Crippen LogP contribution in [0.1, 0.15) is 38.5 Å². The van der Waals surface area contributed by atoms with Gasteiger partial charge in [0.1, 0.15) is 4.90 Å². The molecule has 21 heavy (non-hydrogen) atoms. The van der Waals surface area contributed by atoms with Gasteiger partial charge in [-0.05, 0) is 43.7 Å². The molecule has 3 rings (SSSR count). The third kappa shape index (κ3) is 2.67. The van der Waals surface area contributed by atoms with E-state index in [9.17, 15) is 8.42 Å². The van der Waals surface area contributed by atoms with Crippen LogP contribution in [0.2, 0.25) is 5.02 Å². The fraction of sp³-hybridized carbons (Fsp3) is 0.600. The van der Waals surface area contributed by atoms with E-state index in [1.54, 1.807) is 22.5 Å². The molecule has 2 atom stereocenters. The number of anilines is 1. The summed E-state index contributed by atoms with van der Waals surface area (Å²) in [4.78, 5) is 0.0814. The molecule has 1 saturated heterocycles. The number of nitrogen functional groups attached to an aromatic ring is 1. The zero-order valence-electron chi connectivity index (χ0n) is 12.0. The number of piperidine rings is 1. The molecule has 0 radical (unpaired) electrons. The van der Waals surface area contributed by atoms with Crippen molar-refractivity contribution in [3.63, 3.8) is 0 Å². The Morgan fingerprint density at radius 1 is 1.14 bits per heavy atom. The van der Waals surface area contributed by atoms with Gasteiger partial charge in [-0.1, -0.05) is 30.5 Å². The molecule has 1 aliphatic carbocycles.